The molecule has 0 saturated heterocycles. The second-order valence-corrected chi connectivity index (χ2v) is 4.69. The van der Waals surface area contributed by atoms with Crippen LogP contribution in [0.25, 0.3) is 11.3 Å². The number of anilines is 1. The Bertz CT molecular complexity index is 528. The summed E-state index contributed by atoms with van der Waals surface area (Å²) < 4.78 is 0. The zero-order valence-corrected chi connectivity index (χ0v) is 11.7. The lowest BCUT2D eigenvalue weighted by Gasteiger charge is -2.07. The Morgan fingerprint density at radius 3 is 2.28 bits per heavy atom. The lowest BCUT2D eigenvalue weighted by molar-refractivity contribution is 0.945. The number of halogens is 2. The fourth-order valence-electron chi connectivity index (χ4n) is 1.63. The minimum atomic E-state index is 0.597. The number of hydrogen-bond acceptors (Lipinski definition) is 3. The van der Waals surface area contributed by atoms with Gasteiger partial charge in [-0.05, 0) is 18.2 Å². The number of hydrogen-bond donors (Lipinski definition) is 1. The molecular weight excluding hydrogens is 269 g/mol. The highest BCUT2D eigenvalue weighted by atomic mass is 35.5. The van der Waals surface area contributed by atoms with E-state index in [4.69, 9.17) is 23.2 Å². The van der Waals surface area contributed by atoms with E-state index < -0.39 is 0 Å². The van der Waals surface area contributed by atoms with Gasteiger partial charge in [0, 0.05) is 35.1 Å². The molecule has 18 heavy (non-hydrogen) atoms. The van der Waals surface area contributed by atoms with E-state index in [1.165, 1.54) is 0 Å². The average Bonchev–Trinajstić information content (AvgIpc) is 2.37. The van der Waals surface area contributed by atoms with Crippen LogP contribution < -0.4 is 5.32 Å². The molecule has 1 aromatic carbocycles. The van der Waals surface area contributed by atoms with Crippen LogP contribution >= 0.6 is 23.2 Å². The molecule has 94 valence electrons. The Morgan fingerprint density at radius 1 is 1.06 bits per heavy atom. The van der Waals surface area contributed by atoms with Gasteiger partial charge in [0.1, 0.15) is 11.6 Å². The first-order chi connectivity index (χ1) is 8.62. The fourth-order valence-corrected chi connectivity index (χ4v) is 2.16. The zero-order valence-electron chi connectivity index (χ0n) is 10.2. The van der Waals surface area contributed by atoms with Crippen molar-refractivity contribution in [2.75, 3.05) is 12.4 Å². The van der Waals surface area contributed by atoms with Gasteiger partial charge in [-0.15, -0.1) is 0 Å². The van der Waals surface area contributed by atoms with Gasteiger partial charge in [0.05, 0.1) is 5.69 Å². The van der Waals surface area contributed by atoms with Crippen molar-refractivity contribution in [3.05, 3.63) is 40.1 Å². The van der Waals surface area contributed by atoms with Gasteiger partial charge in [0.15, 0.2) is 0 Å². The van der Waals surface area contributed by atoms with Gasteiger partial charge in [-0.2, -0.15) is 0 Å². The zero-order chi connectivity index (χ0) is 13.1. The molecule has 0 aliphatic rings. The Kier molecular flexibility index (Phi) is 4.04. The topological polar surface area (TPSA) is 37.8 Å². The molecule has 0 amide bonds. The molecule has 1 aromatic heterocycles. The van der Waals surface area contributed by atoms with Gasteiger partial charge in [0.2, 0.25) is 0 Å². The summed E-state index contributed by atoms with van der Waals surface area (Å²) in [6.45, 7) is 2.02. The van der Waals surface area contributed by atoms with Crippen molar-refractivity contribution in [2.45, 2.75) is 13.3 Å². The number of aromatic nitrogens is 2. The predicted molar refractivity (Wildman–Crippen MR) is 76.4 cm³/mol. The van der Waals surface area contributed by atoms with E-state index in [2.05, 4.69) is 15.3 Å². The molecule has 3 nitrogen and oxygen atoms in total. The number of aryl methyl sites for hydroxylation is 1. The third kappa shape index (κ3) is 2.92. The summed E-state index contributed by atoms with van der Waals surface area (Å²) in [6.07, 6.45) is 0.775. The number of benzene rings is 1. The van der Waals surface area contributed by atoms with Crippen LogP contribution in [0.15, 0.2) is 24.3 Å². The van der Waals surface area contributed by atoms with Crippen LogP contribution in [0, 0.1) is 0 Å². The largest absolute Gasteiger partial charge is 0.373 e. The van der Waals surface area contributed by atoms with E-state index in [0.717, 1.165) is 29.3 Å². The first kappa shape index (κ1) is 13.1. The minimum Gasteiger partial charge on any atom is -0.373 e. The molecule has 0 fully saturated rings. The Balaban J connectivity index is 2.55. The fraction of sp³-hybridized carbons (Fsp3) is 0.231. The van der Waals surface area contributed by atoms with Gasteiger partial charge in [-0.25, -0.2) is 9.97 Å². The van der Waals surface area contributed by atoms with Crippen LogP contribution in [-0.2, 0) is 6.42 Å². The predicted octanol–water partition coefficient (Wildman–Crippen LogP) is 4.05. The van der Waals surface area contributed by atoms with E-state index in [0.29, 0.717) is 10.0 Å². The highest BCUT2D eigenvalue weighted by Crippen LogP contribution is 2.27. The molecule has 1 heterocycles. The van der Waals surface area contributed by atoms with E-state index in [9.17, 15) is 0 Å². The molecular formula is C13H13Cl2N3. The summed E-state index contributed by atoms with van der Waals surface area (Å²) in [4.78, 5) is 8.84. The summed E-state index contributed by atoms with van der Waals surface area (Å²) in [5.74, 6) is 1.57. The Hall–Kier alpha value is -1.32. The average molecular weight is 282 g/mol. The smallest absolute Gasteiger partial charge is 0.131 e. The third-order valence-electron chi connectivity index (χ3n) is 2.50. The van der Waals surface area contributed by atoms with Crippen LogP contribution in [0.5, 0.6) is 0 Å². The number of rotatable bonds is 3. The monoisotopic (exact) mass is 281 g/mol. The Morgan fingerprint density at radius 2 is 1.72 bits per heavy atom. The van der Waals surface area contributed by atoms with E-state index in [1.54, 1.807) is 6.07 Å². The second-order valence-electron chi connectivity index (χ2n) is 3.82. The van der Waals surface area contributed by atoms with Crippen LogP contribution in [0.2, 0.25) is 10.0 Å². The number of nitrogens with one attached hydrogen (secondary N) is 1. The van der Waals surface area contributed by atoms with E-state index in [-0.39, 0.29) is 0 Å². The van der Waals surface area contributed by atoms with Crippen LogP contribution in [0.4, 0.5) is 5.82 Å². The molecule has 1 N–H and O–H groups in total. The van der Waals surface area contributed by atoms with E-state index >= 15 is 0 Å². The van der Waals surface area contributed by atoms with Gasteiger partial charge in [0.25, 0.3) is 0 Å². The van der Waals surface area contributed by atoms with Crippen LogP contribution in [0.1, 0.15) is 12.7 Å². The molecule has 5 heteroatoms. The van der Waals surface area contributed by atoms with Crippen molar-refractivity contribution in [3.8, 4) is 11.3 Å². The molecule has 2 aromatic rings. The lowest BCUT2D eigenvalue weighted by atomic mass is 10.1. The van der Waals surface area contributed by atoms with Gasteiger partial charge < -0.3 is 5.32 Å². The summed E-state index contributed by atoms with van der Waals surface area (Å²) in [7, 11) is 1.83. The van der Waals surface area contributed by atoms with Crippen molar-refractivity contribution in [1.82, 2.24) is 9.97 Å². The second kappa shape index (κ2) is 5.55. The van der Waals surface area contributed by atoms with Gasteiger partial charge in [-0.1, -0.05) is 30.1 Å². The van der Waals surface area contributed by atoms with Crippen molar-refractivity contribution in [2.24, 2.45) is 0 Å². The molecule has 0 aliphatic carbocycles. The van der Waals surface area contributed by atoms with E-state index in [1.807, 2.05) is 32.2 Å². The lowest BCUT2D eigenvalue weighted by Crippen LogP contribution is -2.00. The summed E-state index contributed by atoms with van der Waals surface area (Å²) in [5.41, 5.74) is 1.71. The first-order valence-electron chi connectivity index (χ1n) is 5.64. The van der Waals surface area contributed by atoms with Gasteiger partial charge in [-0.3, -0.25) is 0 Å². The molecule has 0 radical (unpaired) electrons. The number of nitrogens with zero attached hydrogens (tertiary/aromatic N) is 2. The van der Waals surface area contributed by atoms with Crippen molar-refractivity contribution in [3.63, 3.8) is 0 Å². The standard InChI is InChI=1S/C13H13Cl2N3/c1-3-12-17-11(7-13(16-2)18-12)8-4-9(14)6-10(15)5-8/h4-7H,3H2,1-2H3,(H,16,17,18). The Labute approximate surface area is 116 Å². The molecule has 0 spiro atoms. The van der Waals surface area contributed by atoms with Crippen molar-refractivity contribution < 1.29 is 0 Å². The summed E-state index contributed by atoms with van der Waals surface area (Å²) in [6, 6.07) is 7.26. The van der Waals surface area contributed by atoms with Crippen molar-refractivity contribution >= 4 is 29.0 Å². The highest BCUT2D eigenvalue weighted by Gasteiger charge is 2.07. The summed E-state index contributed by atoms with van der Waals surface area (Å²) in [5, 5.41) is 4.22. The maximum Gasteiger partial charge on any atom is 0.131 e. The van der Waals surface area contributed by atoms with Crippen molar-refractivity contribution in [1.29, 1.82) is 0 Å². The van der Waals surface area contributed by atoms with Crippen LogP contribution in [0.3, 0.4) is 0 Å². The van der Waals surface area contributed by atoms with Crippen LogP contribution in [-0.4, -0.2) is 17.0 Å². The maximum absolute atomic E-state index is 6.00. The maximum atomic E-state index is 6.00. The first-order valence-corrected chi connectivity index (χ1v) is 6.40. The SMILES string of the molecule is CCc1nc(NC)cc(-c2cc(Cl)cc(Cl)c2)n1. The molecule has 0 unspecified atom stereocenters. The van der Waals surface area contributed by atoms with Gasteiger partial charge >= 0.3 is 0 Å². The third-order valence-corrected chi connectivity index (χ3v) is 2.94. The quantitative estimate of drug-likeness (QED) is 0.922. The minimum absolute atomic E-state index is 0.597. The molecule has 0 bridgehead atoms. The normalized spacial score (nSPS) is 10.4. The highest BCUT2D eigenvalue weighted by molar-refractivity contribution is 6.35. The summed E-state index contributed by atoms with van der Waals surface area (Å²) >= 11 is 12.0. The molecule has 0 aliphatic heterocycles. The molecule has 0 atom stereocenters. The molecule has 2 rings (SSSR count). The molecule has 0 saturated carbocycles.